The summed E-state index contributed by atoms with van der Waals surface area (Å²) in [6.07, 6.45) is 5.06. The molecule has 0 spiro atoms. The lowest BCUT2D eigenvalue weighted by Gasteiger charge is -2.22. The highest BCUT2D eigenvalue weighted by atomic mass is 32.1. The number of nitrogens with zero attached hydrogens (tertiary/aromatic N) is 5. The Labute approximate surface area is 189 Å². The quantitative estimate of drug-likeness (QED) is 0.369. The molecule has 8 heteroatoms. The fourth-order valence-corrected chi connectivity index (χ4v) is 3.87. The summed E-state index contributed by atoms with van der Waals surface area (Å²) in [5, 5.41) is 21.7. The summed E-state index contributed by atoms with van der Waals surface area (Å²) in [7, 11) is 0. The molecule has 0 saturated carbocycles. The van der Waals surface area contributed by atoms with Crippen LogP contribution in [0.2, 0.25) is 0 Å². The molecule has 1 aromatic carbocycles. The predicted molar refractivity (Wildman–Crippen MR) is 128 cm³/mol. The topological polar surface area (TPSA) is 93.7 Å². The largest absolute Gasteiger partial charge is 0.372 e. The molecule has 1 N–H and O–H groups in total. The fourth-order valence-electron chi connectivity index (χ4n) is 3.15. The van der Waals surface area contributed by atoms with E-state index in [4.69, 9.17) is 0 Å². The zero-order valence-electron chi connectivity index (χ0n) is 18.9. The Kier molecular flexibility index (Phi) is 10.1. The highest BCUT2D eigenvalue weighted by Crippen LogP contribution is 2.34. The van der Waals surface area contributed by atoms with Gasteiger partial charge in [0.2, 0.25) is 5.91 Å². The Morgan fingerprint density at radius 3 is 2.55 bits per heavy atom. The molecular formula is C23H32N6OS. The highest BCUT2D eigenvalue weighted by molar-refractivity contribution is 7.10. The van der Waals surface area contributed by atoms with Crippen molar-refractivity contribution in [3.05, 3.63) is 29.5 Å². The monoisotopic (exact) mass is 440 g/mol. The first-order valence-corrected chi connectivity index (χ1v) is 11.8. The first-order valence-electron chi connectivity index (χ1n) is 11.1. The van der Waals surface area contributed by atoms with Crippen molar-refractivity contribution in [2.24, 2.45) is 10.2 Å². The van der Waals surface area contributed by atoms with Crippen LogP contribution in [0.15, 0.2) is 28.4 Å². The summed E-state index contributed by atoms with van der Waals surface area (Å²) >= 11 is 1.19. The average molecular weight is 441 g/mol. The highest BCUT2D eigenvalue weighted by Gasteiger charge is 2.14. The molecule has 0 bridgehead atoms. The Hall–Kier alpha value is -2.79. The lowest BCUT2D eigenvalue weighted by atomic mass is 10.1. The van der Waals surface area contributed by atoms with E-state index in [1.54, 1.807) is 0 Å². The normalized spacial score (nSPS) is 10.9. The van der Waals surface area contributed by atoms with Crippen molar-refractivity contribution in [2.75, 3.05) is 23.3 Å². The summed E-state index contributed by atoms with van der Waals surface area (Å²) in [4.78, 5) is 14.6. The third-order valence-corrected chi connectivity index (χ3v) is 5.78. The number of aryl methyl sites for hydroxylation is 1. The lowest BCUT2D eigenvalue weighted by Crippen LogP contribution is -2.22. The third-order valence-electron chi connectivity index (χ3n) is 5.01. The van der Waals surface area contributed by atoms with Gasteiger partial charge >= 0.3 is 0 Å². The van der Waals surface area contributed by atoms with Crippen LogP contribution in [0.25, 0.3) is 0 Å². The molecule has 7 nitrogen and oxygen atoms in total. The van der Waals surface area contributed by atoms with Gasteiger partial charge in [-0.15, -0.1) is 10.2 Å². The van der Waals surface area contributed by atoms with Crippen molar-refractivity contribution in [1.29, 1.82) is 5.26 Å². The Morgan fingerprint density at radius 2 is 1.90 bits per heavy atom. The van der Waals surface area contributed by atoms with E-state index in [2.05, 4.69) is 58.6 Å². The number of nitrogens with one attached hydrogen (secondary N) is 1. The number of unbranched alkanes of at least 4 members (excludes halogenated alkanes) is 2. The number of benzene rings is 1. The smallest absolute Gasteiger partial charge is 0.224 e. The minimum atomic E-state index is -0.0349. The summed E-state index contributed by atoms with van der Waals surface area (Å²) in [6, 6.07) is 8.00. The van der Waals surface area contributed by atoms with E-state index in [1.165, 1.54) is 11.5 Å². The van der Waals surface area contributed by atoms with Gasteiger partial charge in [0.25, 0.3) is 0 Å². The van der Waals surface area contributed by atoms with Gasteiger partial charge in [-0.1, -0.05) is 26.7 Å². The van der Waals surface area contributed by atoms with Gasteiger partial charge in [-0.2, -0.15) is 9.64 Å². The summed E-state index contributed by atoms with van der Waals surface area (Å²) < 4.78 is 4.39. The molecule has 0 aliphatic carbocycles. The first kappa shape index (κ1) is 24.5. The molecule has 0 aliphatic heterocycles. The summed E-state index contributed by atoms with van der Waals surface area (Å²) in [5.41, 5.74) is 3.49. The lowest BCUT2D eigenvalue weighted by molar-refractivity contribution is -0.116. The maximum Gasteiger partial charge on any atom is 0.224 e. The zero-order valence-corrected chi connectivity index (χ0v) is 19.8. The molecular weight excluding hydrogens is 408 g/mol. The molecule has 0 saturated heterocycles. The number of carbonyl (C=O) groups is 1. The van der Waals surface area contributed by atoms with Crippen LogP contribution < -0.4 is 10.2 Å². The number of hydrogen-bond donors (Lipinski definition) is 1. The second-order valence-electron chi connectivity index (χ2n) is 7.25. The maximum absolute atomic E-state index is 12.4. The third kappa shape index (κ3) is 6.86. The number of rotatable bonds is 12. The Morgan fingerprint density at radius 1 is 1.16 bits per heavy atom. The van der Waals surface area contributed by atoms with Crippen molar-refractivity contribution < 1.29 is 4.79 Å². The van der Waals surface area contributed by atoms with Crippen molar-refractivity contribution >= 4 is 39.5 Å². The van der Waals surface area contributed by atoms with E-state index in [-0.39, 0.29) is 5.91 Å². The van der Waals surface area contributed by atoms with Crippen LogP contribution in [0, 0.1) is 11.3 Å². The van der Waals surface area contributed by atoms with Gasteiger partial charge in [0.1, 0.15) is 17.3 Å². The van der Waals surface area contributed by atoms with Crippen LogP contribution in [0.5, 0.6) is 0 Å². The number of hydrogen-bond acceptors (Lipinski definition) is 7. The zero-order chi connectivity index (χ0) is 22.6. The van der Waals surface area contributed by atoms with E-state index < -0.39 is 0 Å². The number of amides is 1. The molecule has 1 amide bonds. The number of anilines is 2. The van der Waals surface area contributed by atoms with Gasteiger partial charge < -0.3 is 10.2 Å². The van der Waals surface area contributed by atoms with Crippen molar-refractivity contribution in [2.45, 2.75) is 66.2 Å². The van der Waals surface area contributed by atoms with Crippen molar-refractivity contribution in [1.82, 2.24) is 4.37 Å². The molecule has 0 radical (unpaired) electrons. The standard InChI is InChI=1S/C23H32N6OS/c1-5-9-11-19-18(16-24)23(31-28-19)27-26-20-14-13-17(29(7-3)8-4)15-21(20)25-22(30)12-10-6-2/h13-15H,5-12H2,1-4H3,(H,25,30)/b27-26+. The second-order valence-corrected chi connectivity index (χ2v) is 8.00. The number of carbonyl (C=O) groups excluding carboxylic acids is 1. The average Bonchev–Trinajstić information content (AvgIpc) is 3.18. The van der Waals surface area contributed by atoms with Crippen LogP contribution >= 0.6 is 11.5 Å². The van der Waals surface area contributed by atoms with Gasteiger partial charge in [0, 0.05) is 25.2 Å². The van der Waals surface area contributed by atoms with Gasteiger partial charge in [0.05, 0.1) is 11.4 Å². The SMILES string of the molecule is CCCCC(=O)Nc1cc(N(CC)CC)ccc1/N=N/c1snc(CCCC)c1C#N. The van der Waals surface area contributed by atoms with E-state index in [1.807, 2.05) is 18.2 Å². The van der Waals surface area contributed by atoms with Crippen LogP contribution in [-0.4, -0.2) is 23.4 Å². The molecule has 1 aromatic heterocycles. The molecule has 2 aromatic rings. The van der Waals surface area contributed by atoms with Crippen LogP contribution in [-0.2, 0) is 11.2 Å². The summed E-state index contributed by atoms with van der Waals surface area (Å²) in [5.74, 6) is -0.0349. The van der Waals surface area contributed by atoms with Crippen LogP contribution in [0.4, 0.5) is 22.1 Å². The van der Waals surface area contributed by atoms with Gasteiger partial charge in [-0.25, -0.2) is 0 Å². The van der Waals surface area contributed by atoms with Gasteiger partial charge in [-0.05, 0) is 62.8 Å². The molecule has 31 heavy (non-hydrogen) atoms. The van der Waals surface area contributed by atoms with Gasteiger partial charge in [0.15, 0.2) is 5.00 Å². The fraction of sp³-hybridized carbons (Fsp3) is 0.522. The van der Waals surface area contributed by atoms with Crippen molar-refractivity contribution in [3.8, 4) is 6.07 Å². The van der Waals surface area contributed by atoms with Crippen LogP contribution in [0.3, 0.4) is 0 Å². The molecule has 1 heterocycles. The maximum atomic E-state index is 12.4. The molecule has 0 aliphatic rings. The molecule has 0 atom stereocenters. The second kappa shape index (κ2) is 12.8. The summed E-state index contributed by atoms with van der Waals surface area (Å²) in [6.45, 7) is 10.1. The van der Waals surface area contributed by atoms with Gasteiger partial charge in [-0.3, -0.25) is 4.79 Å². The predicted octanol–water partition coefficient (Wildman–Crippen LogP) is 6.75. The van der Waals surface area contributed by atoms with E-state index in [9.17, 15) is 10.1 Å². The molecule has 166 valence electrons. The van der Waals surface area contributed by atoms with E-state index in [0.29, 0.717) is 28.4 Å². The number of azo groups is 1. The van der Waals surface area contributed by atoms with Crippen molar-refractivity contribution in [3.63, 3.8) is 0 Å². The van der Waals surface area contributed by atoms with E-state index in [0.717, 1.165) is 56.6 Å². The number of aromatic nitrogens is 1. The minimum Gasteiger partial charge on any atom is -0.372 e. The number of nitriles is 1. The Bertz CT molecular complexity index is 927. The van der Waals surface area contributed by atoms with Crippen LogP contribution in [0.1, 0.15) is 71.1 Å². The van der Waals surface area contributed by atoms with E-state index >= 15 is 0 Å². The molecule has 2 rings (SSSR count). The minimum absolute atomic E-state index is 0.0349. The first-order chi connectivity index (χ1) is 15.1. The molecule has 0 unspecified atom stereocenters. The Balaban J connectivity index is 2.35. The molecule has 0 fully saturated rings.